The highest BCUT2D eigenvalue weighted by Gasteiger charge is 2.20. The lowest BCUT2D eigenvalue weighted by Crippen LogP contribution is -2.40. The van der Waals surface area contributed by atoms with Crippen LogP contribution in [0.5, 0.6) is 5.75 Å². The number of hydrogen-bond donors (Lipinski definition) is 0. The van der Waals surface area contributed by atoms with Gasteiger partial charge in [-0.2, -0.15) is 0 Å². The van der Waals surface area contributed by atoms with E-state index in [0.29, 0.717) is 18.8 Å². The molecule has 1 aromatic rings. The van der Waals surface area contributed by atoms with E-state index in [1.54, 1.807) is 17.9 Å². The molecule has 0 fully saturated rings. The number of ether oxygens (including phenoxy) is 1. The summed E-state index contributed by atoms with van der Waals surface area (Å²) in [5.41, 5.74) is 0.900. The van der Waals surface area contributed by atoms with Crippen molar-refractivity contribution in [3.63, 3.8) is 0 Å². The number of hydrogen-bond acceptors (Lipinski definition) is 2. The molecule has 1 atom stereocenters. The number of benzene rings is 1. The minimum Gasteiger partial charge on any atom is -0.480 e. The highest BCUT2D eigenvalue weighted by molar-refractivity contribution is 5.81. The molecule has 0 heterocycles. The largest absolute Gasteiger partial charge is 0.480 e. The topological polar surface area (TPSA) is 29.5 Å². The summed E-state index contributed by atoms with van der Waals surface area (Å²) in [4.78, 5) is 13.8. The molecule has 18 heavy (non-hydrogen) atoms. The molecule has 0 aliphatic heterocycles. The maximum absolute atomic E-state index is 12.1. The highest BCUT2D eigenvalue weighted by Crippen LogP contribution is 2.20. The lowest BCUT2D eigenvalue weighted by molar-refractivity contribution is -0.137. The summed E-state index contributed by atoms with van der Waals surface area (Å²) >= 11 is 0. The maximum Gasteiger partial charge on any atom is 0.263 e. The van der Waals surface area contributed by atoms with Crippen LogP contribution in [-0.2, 0) is 4.79 Å². The van der Waals surface area contributed by atoms with E-state index < -0.39 is 6.10 Å². The van der Waals surface area contributed by atoms with Gasteiger partial charge in [0.25, 0.3) is 5.91 Å². The first-order valence-corrected chi connectivity index (χ1v) is 6.30. The van der Waals surface area contributed by atoms with Gasteiger partial charge in [0.15, 0.2) is 6.10 Å². The minimum absolute atomic E-state index is 0.0128. The van der Waals surface area contributed by atoms with Crippen LogP contribution in [-0.4, -0.2) is 30.0 Å². The van der Waals surface area contributed by atoms with Crippen LogP contribution in [0.4, 0.5) is 0 Å². The molecule has 0 spiro atoms. The van der Waals surface area contributed by atoms with Gasteiger partial charge in [0, 0.05) is 18.7 Å². The summed E-state index contributed by atoms with van der Waals surface area (Å²) in [6, 6.07) is 7.57. The van der Waals surface area contributed by atoms with Crippen LogP contribution in [0.1, 0.15) is 26.3 Å². The van der Waals surface area contributed by atoms with Crippen LogP contribution in [0.2, 0.25) is 0 Å². The third kappa shape index (κ3) is 3.36. The number of carbonyl (C=O) groups is 1. The Kier molecular flexibility index (Phi) is 5.43. The van der Waals surface area contributed by atoms with Gasteiger partial charge in [0.1, 0.15) is 5.75 Å². The summed E-state index contributed by atoms with van der Waals surface area (Å²) in [5, 5.41) is 0. The fourth-order valence-electron chi connectivity index (χ4n) is 1.79. The molecule has 0 saturated carbocycles. The van der Waals surface area contributed by atoms with Crippen LogP contribution in [0.25, 0.3) is 6.08 Å². The molecular weight excluding hydrogens is 226 g/mol. The summed E-state index contributed by atoms with van der Waals surface area (Å²) in [6.45, 7) is 10.8. The molecule has 98 valence electrons. The molecule has 0 saturated heterocycles. The lowest BCUT2D eigenvalue weighted by atomic mass is 10.2. The summed E-state index contributed by atoms with van der Waals surface area (Å²) in [6.07, 6.45) is 1.25. The Morgan fingerprint density at radius 1 is 1.39 bits per heavy atom. The second-order valence-electron chi connectivity index (χ2n) is 4.01. The van der Waals surface area contributed by atoms with Gasteiger partial charge in [-0.05, 0) is 26.8 Å². The molecule has 1 amide bonds. The molecule has 0 aliphatic carbocycles. The van der Waals surface area contributed by atoms with Crippen molar-refractivity contribution in [2.45, 2.75) is 26.9 Å². The van der Waals surface area contributed by atoms with Crippen LogP contribution < -0.4 is 4.74 Å². The zero-order chi connectivity index (χ0) is 13.5. The summed E-state index contributed by atoms with van der Waals surface area (Å²) in [5.74, 6) is 0.708. The minimum atomic E-state index is -0.481. The lowest BCUT2D eigenvalue weighted by Gasteiger charge is -2.23. The average Bonchev–Trinajstić information content (AvgIpc) is 2.40. The fourth-order valence-corrected chi connectivity index (χ4v) is 1.79. The van der Waals surface area contributed by atoms with E-state index in [-0.39, 0.29) is 5.91 Å². The number of carbonyl (C=O) groups excluding carboxylic acids is 1. The predicted molar refractivity (Wildman–Crippen MR) is 74.6 cm³/mol. The van der Waals surface area contributed by atoms with E-state index in [2.05, 4.69) is 6.58 Å². The van der Waals surface area contributed by atoms with Gasteiger partial charge in [-0.3, -0.25) is 4.79 Å². The van der Waals surface area contributed by atoms with Gasteiger partial charge in [-0.25, -0.2) is 0 Å². The van der Waals surface area contributed by atoms with Crippen molar-refractivity contribution < 1.29 is 9.53 Å². The van der Waals surface area contributed by atoms with Crippen molar-refractivity contribution in [2.75, 3.05) is 13.1 Å². The molecule has 3 nitrogen and oxygen atoms in total. The van der Waals surface area contributed by atoms with Gasteiger partial charge < -0.3 is 9.64 Å². The second kappa shape index (κ2) is 6.84. The fraction of sp³-hybridized carbons (Fsp3) is 0.400. The van der Waals surface area contributed by atoms with E-state index in [4.69, 9.17) is 4.74 Å². The molecule has 0 N–H and O–H groups in total. The Morgan fingerprint density at radius 3 is 2.56 bits per heavy atom. The van der Waals surface area contributed by atoms with E-state index in [1.807, 2.05) is 38.1 Å². The molecule has 1 rings (SSSR count). The van der Waals surface area contributed by atoms with Crippen LogP contribution in [0, 0.1) is 0 Å². The Labute approximate surface area is 109 Å². The molecule has 0 bridgehead atoms. The Morgan fingerprint density at radius 2 is 2.00 bits per heavy atom. The van der Waals surface area contributed by atoms with E-state index in [0.717, 1.165) is 5.56 Å². The van der Waals surface area contributed by atoms with Gasteiger partial charge in [-0.1, -0.05) is 30.9 Å². The first-order valence-electron chi connectivity index (χ1n) is 6.30. The van der Waals surface area contributed by atoms with Crippen molar-refractivity contribution in [3.05, 3.63) is 36.4 Å². The standard InChI is InChI=1S/C15H21NO2/c1-5-13-10-8-9-11-14(13)18-12(4)15(17)16(6-2)7-3/h5,8-12H,1,6-7H2,2-4H3. The zero-order valence-electron chi connectivity index (χ0n) is 11.3. The summed E-state index contributed by atoms with van der Waals surface area (Å²) < 4.78 is 5.72. The van der Waals surface area contributed by atoms with Crippen LogP contribution >= 0.6 is 0 Å². The quantitative estimate of drug-likeness (QED) is 0.773. The third-order valence-corrected chi connectivity index (χ3v) is 2.87. The molecule has 1 aromatic carbocycles. The van der Waals surface area contributed by atoms with Gasteiger partial charge >= 0.3 is 0 Å². The smallest absolute Gasteiger partial charge is 0.263 e. The van der Waals surface area contributed by atoms with Gasteiger partial charge in [0.2, 0.25) is 0 Å². The molecule has 0 radical (unpaired) electrons. The molecule has 3 heteroatoms. The number of rotatable bonds is 6. The van der Waals surface area contributed by atoms with Crippen molar-refractivity contribution >= 4 is 12.0 Å². The van der Waals surface area contributed by atoms with Crippen molar-refractivity contribution in [2.24, 2.45) is 0 Å². The highest BCUT2D eigenvalue weighted by atomic mass is 16.5. The molecule has 0 aromatic heterocycles. The van der Waals surface area contributed by atoms with Crippen LogP contribution in [0.15, 0.2) is 30.8 Å². The predicted octanol–water partition coefficient (Wildman–Crippen LogP) is 2.97. The van der Waals surface area contributed by atoms with E-state index >= 15 is 0 Å². The van der Waals surface area contributed by atoms with Crippen molar-refractivity contribution in [1.82, 2.24) is 4.90 Å². The van der Waals surface area contributed by atoms with Crippen molar-refractivity contribution in [1.29, 1.82) is 0 Å². The van der Waals surface area contributed by atoms with Crippen molar-refractivity contribution in [3.8, 4) is 5.75 Å². The van der Waals surface area contributed by atoms with Gasteiger partial charge in [-0.15, -0.1) is 0 Å². The summed E-state index contributed by atoms with van der Waals surface area (Å²) in [7, 11) is 0. The van der Waals surface area contributed by atoms with Gasteiger partial charge in [0.05, 0.1) is 0 Å². The third-order valence-electron chi connectivity index (χ3n) is 2.87. The zero-order valence-corrected chi connectivity index (χ0v) is 11.3. The number of para-hydroxylation sites is 1. The number of nitrogens with zero attached hydrogens (tertiary/aromatic N) is 1. The molecule has 1 unspecified atom stereocenters. The molecule has 0 aliphatic rings. The second-order valence-corrected chi connectivity index (χ2v) is 4.01. The normalized spacial score (nSPS) is 11.7. The maximum atomic E-state index is 12.1. The first kappa shape index (κ1) is 14.3. The monoisotopic (exact) mass is 247 g/mol. The average molecular weight is 247 g/mol. The van der Waals surface area contributed by atoms with E-state index in [1.165, 1.54) is 0 Å². The number of amides is 1. The Bertz CT molecular complexity index is 411. The number of likely N-dealkylation sites (N-methyl/N-ethyl adjacent to an activating group) is 1. The SMILES string of the molecule is C=Cc1ccccc1OC(C)C(=O)N(CC)CC. The van der Waals surface area contributed by atoms with Crippen LogP contribution in [0.3, 0.4) is 0 Å². The first-order chi connectivity index (χ1) is 8.63. The van der Waals surface area contributed by atoms with E-state index in [9.17, 15) is 4.79 Å². The Balaban J connectivity index is 2.77. The molecular formula is C15H21NO2. The Hall–Kier alpha value is -1.77.